The third-order valence-electron chi connectivity index (χ3n) is 4.43. The molecular weight excluding hydrogens is 318 g/mol. The first-order valence-electron chi connectivity index (χ1n) is 8.29. The Hall–Kier alpha value is -3.15. The summed E-state index contributed by atoms with van der Waals surface area (Å²) in [5.74, 6) is -0.691. The maximum atomic E-state index is 12.8. The average molecular weight is 335 g/mol. The highest BCUT2D eigenvalue weighted by molar-refractivity contribution is 6.08. The molecule has 2 heterocycles. The molecule has 0 aliphatic heterocycles. The van der Waals surface area contributed by atoms with Crippen LogP contribution in [0.1, 0.15) is 45.0 Å². The molecule has 1 aromatic carbocycles. The number of para-hydroxylation sites is 1. The molecule has 6 nitrogen and oxygen atoms in total. The number of pyridine rings is 1. The van der Waals surface area contributed by atoms with E-state index in [1.807, 2.05) is 24.3 Å². The van der Waals surface area contributed by atoms with Crippen molar-refractivity contribution < 1.29 is 14.0 Å². The van der Waals surface area contributed by atoms with E-state index in [-0.39, 0.29) is 11.7 Å². The second-order valence-electron chi connectivity index (χ2n) is 6.02. The van der Waals surface area contributed by atoms with Crippen LogP contribution in [0.3, 0.4) is 0 Å². The molecule has 2 aromatic heterocycles. The molecule has 1 aliphatic carbocycles. The molecule has 0 radical (unpaired) electrons. The van der Waals surface area contributed by atoms with Crippen molar-refractivity contribution in [3.63, 3.8) is 0 Å². The Kier molecular flexibility index (Phi) is 3.93. The zero-order valence-corrected chi connectivity index (χ0v) is 13.5. The second-order valence-corrected chi connectivity index (χ2v) is 6.02. The van der Waals surface area contributed by atoms with Crippen LogP contribution in [0, 0.1) is 0 Å². The molecule has 126 valence electrons. The number of furan rings is 1. The highest BCUT2D eigenvalue weighted by atomic mass is 16.3. The smallest absolute Gasteiger partial charge is 0.305 e. The van der Waals surface area contributed by atoms with Gasteiger partial charge in [0.05, 0.1) is 17.3 Å². The van der Waals surface area contributed by atoms with Crippen molar-refractivity contribution in [1.82, 2.24) is 15.8 Å². The van der Waals surface area contributed by atoms with Crippen LogP contribution in [0.2, 0.25) is 0 Å². The first kappa shape index (κ1) is 15.4. The van der Waals surface area contributed by atoms with E-state index in [1.165, 1.54) is 12.3 Å². The topological polar surface area (TPSA) is 84.2 Å². The summed E-state index contributed by atoms with van der Waals surface area (Å²) < 4.78 is 5.02. The molecule has 0 saturated carbocycles. The van der Waals surface area contributed by atoms with Crippen LogP contribution in [-0.2, 0) is 12.8 Å². The minimum atomic E-state index is -0.495. The number of aryl methyl sites for hydroxylation is 1. The number of rotatable bonds is 2. The summed E-state index contributed by atoms with van der Waals surface area (Å²) in [5.41, 5.74) is 8.26. The lowest BCUT2D eigenvalue weighted by Gasteiger charge is -2.20. The van der Waals surface area contributed by atoms with Gasteiger partial charge in [0.25, 0.3) is 5.91 Å². The molecule has 0 saturated heterocycles. The molecule has 0 bridgehead atoms. The van der Waals surface area contributed by atoms with E-state index < -0.39 is 5.91 Å². The molecule has 2 amide bonds. The number of amides is 2. The van der Waals surface area contributed by atoms with Gasteiger partial charge in [-0.15, -0.1) is 0 Å². The largest absolute Gasteiger partial charge is 0.459 e. The van der Waals surface area contributed by atoms with Crippen molar-refractivity contribution in [1.29, 1.82) is 0 Å². The van der Waals surface area contributed by atoms with E-state index >= 15 is 0 Å². The van der Waals surface area contributed by atoms with Gasteiger partial charge < -0.3 is 4.42 Å². The van der Waals surface area contributed by atoms with Gasteiger partial charge in [-0.2, -0.15) is 0 Å². The lowest BCUT2D eigenvalue weighted by atomic mass is 9.89. The van der Waals surface area contributed by atoms with E-state index in [0.29, 0.717) is 5.56 Å². The Balaban J connectivity index is 1.67. The van der Waals surface area contributed by atoms with Crippen LogP contribution in [0.15, 0.2) is 47.1 Å². The van der Waals surface area contributed by atoms with Crippen molar-refractivity contribution in [3.05, 3.63) is 65.2 Å². The Labute approximate surface area is 144 Å². The highest BCUT2D eigenvalue weighted by Crippen LogP contribution is 2.29. The molecule has 1 aliphatic rings. The highest BCUT2D eigenvalue weighted by Gasteiger charge is 2.23. The second kappa shape index (κ2) is 6.39. The number of hydrazine groups is 1. The zero-order valence-electron chi connectivity index (χ0n) is 13.5. The normalized spacial score (nSPS) is 13.3. The van der Waals surface area contributed by atoms with Gasteiger partial charge in [-0.25, -0.2) is 0 Å². The van der Waals surface area contributed by atoms with Crippen LogP contribution in [0.5, 0.6) is 0 Å². The van der Waals surface area contributed by atoms with Crippen molar-refractivity contribution in [2.24, 2.45) is 0 Å². The molecule has 6 heteroatoms. The quantitative estimate of drug-likeness (QED) is 0.705. The fourth-order valence-electron chi connectivity index (χ4n) is 3.28. The number of hydrogen-bond donors (Lipinski definition) is 2. The predicted octanol–water partition coefficient (Wildman–Crippen LogP) is 2.78. The summed E-state index contributed by atoms with van der Waals surface area (Å²) >= 11 is 0. The number of nitrogens with zero attached hydrogens (tertiary/aromatic N) is 1. The number of aromatic nitrogens is 1. The maximum absolute atomic E-state index is 12.8. The number of fused-ring (bicyclic) bond motifs is 2. The van der Waals surface area contributed by atoms with E-state index in [4.69, 9.17) is 9.40 Å². The van der Waals surface area contributed by atoms with E-state index in [9.17, 15) is 9.59 Å². The molecule has 3 aromatic rings. The Morgan fingerprint density at radius 3 is 2.60 bits per heavy atom. The molecule has 0 atom stereocenters. The van der Waals surface area contributed by atoms with Crippen molar-refractivity contribution >= 4 is 22.7 Å². The molecule has 2 N–H and O–H groups in total. The number of carbonyl (C=O) groups is 2. The van der Waals surface area contributed by atoms with E-state index in [1.54, 1.807) is 6.07 Å². The molecule has 4 rings (SSSR count). The van der Waals surface area contributed by atoms with Gasteiger partial charge >= 0.3 is 5.91 Å². The van der Waals surface area contributed by atoms with Crippen molar-refractivity contribution in [3.8, 4) is 0 Å². The first-order valence-corrected chi connectivity index (χ1v) is 8.29. The van der Waals surface area contributed by atoms with Gasteiger partial charge in [-0.05, 0) is 49.4 Å². The number of hydrogen-bond acceptors (Lipinski definition) is 4. The van der Waals surface area contributed by atoms with Gasteiger partial charge in [0.1, 0.15) is 0 Å². The minimum absolute atomic E-state index is 0.141. The molecule has 0 fully saturated rings. The standard InChI is InChI=1S/C19H17N3O3/c23-18(16-10-5-11-25-16)21-22-19(24)17-12-6-1-3-8-14(12)20-15-9-4-2-7-13(15)17/h1,3,5-6,8,10-11H,2,4,7,9H2,(H,21,23)(H,22,24). The monoisotopic (exact) mass is 335 g/mol. The first-order chi connectivity index (χ1) is 12.2. The lowest BCUT2D eigenvalue weighted by molar-refractivity contribution is 0.0831. The predicted molar refractivity (Wildman–Crippen MR) is 92.0 cm³/mol. The van der Waals surface area contributed by atoms with Crippen LogP contribution in [-0.4, -0.2) is 16.8 Å². The van der Waals surface area contributed by atoms with E-state index in [2.05, 4.69) is 10.9 Å². The van der Waals surface area contributed by atoms with Crippen LogP contribution in [0.25, 0.3) is 10.9 Å². The lowest BCUT2D eigenvalue weighted by Crippen LogP contribution is -2.42. The number of benzene rings is 1. The Morgan fingerprint density at radius 2 is 1.76 bits per heavy atom. The number of nitrogens with one attached hydrogen (secondary N) is 2. The summed E-state index contributed by atoms with van der Waals surface area (Å²) in [6.07, 6.45) is 5.21. The minimum Gasteiger partial charge on any atom is -0.459 e. The summed E-state index contributed by atoms with van der Waals surface area (Å²) in [4.78, 5) is 29.5. The molecule has 0 unspecified atom stereocenters. The third-order valence-corrected chi connectivity index (χ3v) is 4.43. The zero-order chi connectivity index (χ0) is 17.2. The Morgan fingerprint density at radius 1 is 0.960 bits per heavy atom. The SMILES string of the molecule is O=C(NNC(=O)c1c2c(nc3ccccc13)CCCC2)c1ccco1. The Bertz CT molecular complexity index is 948. The van der Waals surface area contributed by atoms with Crippen molar-refractivity contribution in [2.75, 3.05) is 0 Å². The summed E-state index contributed by atoms with van der Waals surface area (Å²) in [6, 6.07) is 10.7. The van der Waals surface area contributed by atoms with Gasteiger partial charge in [-0.1, -0.05) is 18.2 Å². The fraction of sp³-hybridized carbons (Fsp3) is 0.211. The summed E-state index contributed by atoms with van der Waals surface area (Å²) in [5, 5.41) is 0.799. The fourth-order valence-corrected chi connectivity index (χ4v) is 3.28. The summed E-state index contributed by atoms with van der Waals surface area (Å²) in [7, 11) is 0. The van der Waals surface area contributed by atoms with Gasteiger partial charge in [0, 0.05) is 11.1 Å². The van der Waals surface area contributed by atoms with Gasteiger partial charge in [-0.3, -0.25) is 25.4 Å². The van der Waals surface area contributed by atoms with E-state index in [0.717, 1.165) is 47.8 Å². The number of carbonyl (C=O) groups excluding carboxylic acids is 2. The van der Waals surface area contributed by atoms with Crippen molar-refractivity contribution in [2.45, 2.75) is 25.7 Å². The van der Waals surface area contributed by atoms with Crippen LogP contribution < -0.4 is 10.9 Å². The maximum Gasteiger partial charge on any atom is 0.305 e. The average Bonchev–Trinajstić information content (AvgIpc) is 3.18. The van der Waals surface area contributed by atoms with Gasteiger partial charge in [0.15, 0.2) is 5.76 Å². The summed E-state index contributed by atoms with van der Waals surface area (Å²) in [6.45, 7) is 0. The third kappa shape index (κ3) is 2.87. The van der Waals surface area contributed by atoms with Crippen LogP contribution in [0.4, 0.5) is 0 Å². The molecule has 25 heavy (non-hydrogen) atoms. The molecular formula is C19H17N3O3. The van der Waals surface area contributed by atoms with Crippen LogP contribution >= 0.6 is 0 Å². The molecule has 0 spiro atoms. The van der Waals surface area contributed by atoms with Gasteiger partial charge in [0.2, 0.25) is 0 Å².